The summed E-state index contributed by atoms with van der Waals surface area (Å²) in [4.78, 5) is 16.5. The van der Waals surface area contributed by atoms with Gasteiger partial charge in [-0.15, -0.1) is 0 Å². The third kappa shape index (κ3) is 3.43. The van der Waals surface area contributed by atoms with E-state index in [1.807, 2.05) is 24.4 Å². The molecule has 1 saturated heterocycles. The summed E-state index contributed by atoms with van der Waals surface area (Å²) >= 11 is 0. The third-order valence-corrected chi connectivity index (χ3v) is 5.44. The van der Waals surface area contributed by atoms with Crippen molar-refractivity contribution in [1.29, 1.82) is 0 Å². The van der Waals surface area contributed by atoms with Gasteiger partial charge in [-0.3, -0.25) is 9.67 Å². The zero-order valence-corrected chi connectivity index (χ0v) is 16.1. The maximum absolute atomic E-state index is 12.2. The predicted molar refractivity (Wildman–Crippen MR) is 107 cm³/mol. The number of ether oxygens (including phenoxy) is 1. The van der Waals surface area contributed by atoms with E-state index in [1.165, 1.54) is 7.11 Å². The lowest BCUT2D eigenvalue weighted by atomic mass is 9.98. The van der Waals surface area contributed by atoms with Gasteiger partial charge in [0.25, 0.3) is 0 Å². The summed E-state index contributed by atoms with van der Waals surface area (Å²) < 4.78 is 7.08. The van der Waals surface area contributed by atoms with Crippen molar-refractivity contribution >= 4 is 5.97 Å². The monoisotopic (exact) mass is 376 g/mol. The van der Waals surface area contributed by atoms with E-state index in [1.54, 1.807) is 18.5 Å². The summed E-state index contributed by atoms with van der Waals surface area (Å²) in [5, 5.41) is 8.21. The molecule has 6 nitrogen and oxygen atoms in total. The summed E-state index contributed by atoms with van der Waals surface area (Å²) in [5.41, 5.74) is 4.67. The molecule has 3 aromatic rings. The molecule has 0 bridgehead atoms. The maximum Gasteiger partial charge on any atom is 0.338 e. The first kappa shape index (κ1) is 18.4. The first-order valence-corrected chi connectivity index (χ1v) is 9.52. The van der Waals surface area contributed by atoms with Crippen LogP contribution in [0.25, 0.3) is 11.1 Å². The normalized spacial score (nSPS) is 18.9. The molecule has 0 spiro atoms. The van der Waals surface area contributed by atoms with Gasteiger partial charge in [-0.05, 0) is 29.7 Å². The molecule has 0 saturated carbocycles. The smallest absolute Gasteiger partial charge is 0.338 e. The van der Waals surface area contributed by atoms with Crippen molar-refractivity contribution in [3.63, 3.8) is 0 Å². The number of esters is 1. The average molecular weight is 376 g/mol. The molecule has 28 heavy (non-hydrogen) atoms. The molecule has 144 valence electrons. The molecular formula is C22H24N4O2. The summed E-state index contributed by atoms with van der Waals surface area (Å²) in [6.45, 7) is 4.11. The number of methoxy groups -OCH3 is 1. The van der Waals surface area contributed by atoms with Gasteiger partial charge in [0.2, 0.25) is 0 Å². The number of nitrogens with one attached hydrogen (secondary N) is 1. The van der Waals surface area contributed by atoms with Crippen LogP contribution in [-0.2, 0) is 11.2 Å². The number of hydrogen-bond acceptors (Lipinski definition) is 5. The van der Waals surface area contributed by atoms with Crippen LogP contribution in [0, 0.1) is 5.92 Å². The Kier molecular flexibility index (Phi) is 5.21. The number of benzene rings is 1. The van der Waals surface area contributed by atoms with E-state index >= 15 is 0 Å². The minimum Gasteiger partial charge on any atom is -0.465 e. The van der Waals surface area contributed by atoms with Crippen LogP contribution in [0.2, 0.25) is 0 Å². The van der Waals surface area contributed by atoms with Gasteiger partial charge in [0.1, 0.15) is 0 Å². The fourth-order valence-electron chi connectivity index (χ4n) is 3.89. The zero-order valence-electron chi connectivity index (χ0n) is 16.1. The zero-order chi connectivity index (χ0) is 19.5. The van der Waals surface area contributed by atoms with Gasteiger partial charge in [0.15, 0.2) is 0 Å². The highest BCUT2D eigenvalue weighted by Crippen LogP contribution is 2.31. The summed E-state index contributed by atoms with van der Waals surface area (Å²) in [7, 11) is 1.40. The summed E-state index contributed by atoms with van der Waals surface area (Å²) in [5.74, 6) is 0.136. The van der Waals surface area contributed by atoms with Crippen LogP contribution in [0.5, 0.6) is 0 Å². The average Bonchev–Trinajstić information content (AvgIpc) is 3.34. The Labute approximate surface area is 164 Å². The van der Waals surface area contributed by atoms with Crippen LogP contribution in [0.1, 0.15) is 34.6 Å². The number of hydrogen-bond donors (Lipinski definition) is 1. The summed E-state index contributed by atoms with van der Waals surface area (Å²) in [6.07, 6.45) is 5.86. The minimum atomic E-state index is -0.347. The van der Waals surface area contributed by atoms with E-state index < -0.39 is 0 Å². The molecule has 1 fully saturated rings. The largest absolute Gasteiger partial charge is 0.465 e. The predicted octanol–water partition coefficient (Wildman–Crippen LogP) is 3.10. The number of nitrogens with zero attached hydrogens (tertiary/aromatic N) is 3. The van der Waals surface area contributed by atoms with Gasteiger partial charge in [-0.2, -0.15) is 5.10 Å². The lowest BCUT2D eigenvalue weighted by Gasteiger charge is -2.19. The molecule has 0 radical (unpaired) electrons. The second-order valence-corrected chi connectivity index (χ2v) is 7.22. The Morgan fingerprint density at radius 1 is 1.21 bits per heavy atom. The highest BCUT2D eigenvalue weighted by Gasteiger charge is 2.29. The van der Waals surface area contributed by atoms with Crippen LogP contribution in [0.3, 0.4) is 0 Å². The molecule has 2 atom stereocenters. The summed E-state index contributed by atoms with van der Waals surface area (Å²) in [6, 6.07) is 12.2. The Morgan fingerprint density at radius 2 is 2.04 bits per heavy atom. The number of carbonyl (C=O) groups excluding carboxylic acids is 1. The first-order valence-electron chi connectivity index (χ1n) is 9.52. The van der Waals surface area contributed by atoms with Crippen molar-refractivity contribution < 1.29 is 9.53 Å². The fourth-order valence-corrected chi connectivity index (χ4v) is 3.89. The van der Waals surface area contributed by atoms with E-state index in [0.717, 1.165) is 35.5 Å². The van der Waals surface area contributed by atoms with Crippen molar-refractivity contribution in [3.05, 3.63) is 71.8 Å². The second kappa shape index (κ2) is 7.94. The standard InChI is InChI=1S/C22H24N4O2/c1-15-11-24-14-21(15)26-20(19(13-25-26)16-6-4-3-5-7-16)10-17-12-23-9-8-18(17)22(27)28-2/h3-9,12-13,15,21,24H,10-11,14H2,1-2H3/t15-,21-/m1/s1. The molecule has 1 aromatic carbocycles. The van der Waals surface area contributed by atoms with Gasteiger partial charge in [0.05, 0.1) is 30.6 Å². The number of carbonyl (C=O) groups is 1. The van der Waals surface area contributed by atoms with Gasteiger partial charge in [-0.25, -0.2) is 4.79 Å². The van der Waals surface area contributed by atoms with E-state index in [0.29, 0.717) is 17.9 Å². The molecule has 1 aliphatic heterocycles. The number of aromatic nitrogens is 3. The Morgan fingerprint density at radius 3 is 2.75 bits per heavy atom. The molecule has 4 rings (SSSR count). The quantitative estimate of drug-likeness (QED) is 0.693. The molecule has 0 amide bonds. The van der Waals surface area contributed by atoms with E-state index in [4.69, 9.17) is 9.84 Å². The van der Waals surface area contributed by atoms with E-state index in [9.17, 15) is 4.79 Å². The van der Waals surface area contributed by atoms with Gasteiger partial charge >= 0.3 is 5.97 Å². The molecule has 0 aliphatic carbocycles. The molecule has 1 N–H and O–H groups in total. The van der Waals surface area contributed by atoms with Crippen molar-refractivity contribution in [2.45, 2.75) is 19.4 Å². The van der Waals surface area contributed by atoms with Crippen LogP contribution in [-0.4, -0.2) is 40.9 Å². The molecule has 2 aromatic heterocycles. The first-order chi connectivity index (χ1) is 13.7. The van der Waals surface area contributed by atoms with Crippen molar-refractivity contribution in [1.82, 2.24) is 20.1 Å². The van der Waals surface area contributed by atoms with Crippen LogP contribution in [0.4, 0.5) is 0 Å². The lowest BCUT2D eigenvalue weighted by molar-refractivity contribution is 0.0599. The van der Waals surface area contributed by atoms with Crippen LogP contribution in [0.15, 0.2) is 55.0 Å². The second-order valence-electron chi connectivity index (χ2n) is 7.22. The van der Waals surface area contributed by atoms with Crippen molar-refractivity contribution in [2.75, 3.05) is 20.2 Å². The maximum atomic E-state index is 12.2. The Bertz CT molecular complexity index is 968. The van der Waals surface area contributed by atoms with Gasteiger partial charge in [-0.1, -0.05) is 37.3 Å². The van der Waals surface area contributed by atoms with Gasteiger partial charge < -0.3 is 10.1 Å². The van der Waals surface area contributed by atoms with Crippen molar-refractivity contribution in [2.24, 2.45) is 5.92 Å². The van der Waals surface area contributed by atoms with E-state index in [-0.39, 0.29) is 12.0 Å². The topological polar surface area (TPSA) is 69.0 Å². The lowest BCUT2D eigenvalue weighted by Crippen LogP contribution is -2.20. The van der Waals surface area contributed by atoms with Crippen LogP contribution < -0.4 is 5.32 Å². The van der Waals surface area contributed by atoms with Crippen LogP contribution >= 0.6 is 0 Å². The van der Waals surface area contributed by atoms with E-state index in [2.05, 4.69) is 34.0 Å². The Hall–Kier alpha value is -2.99. The SMILES string of the molecule is COC(=O)c1ccncc1Cc1c(-c2ccccc2)cnn1[C@@H]1CNC[C@H]1C. The van der Waals surface area contributed by atoms with Gasteiger partial charge in [0, 0.05) is 30.9 Å². The molecule has 1 aliphatic rings. The molecule has 0 unspecified atom stereocenters. The number of pyridine rings is 1. The Balaban J connectivity index is 1.81. The highest BCUT2D eigenvalue weighted by molar-refractivity contribution is 5.91. The molecular weight excluding hydrogens is 352 g/mol. The fraction of sp³-hybridized carbons (Fsp3) is 0.318. The van der Waals surface area contributed by atoms with Crippen molar-refractivity contribution in [3.8, 4) is 11.1 Å². The highest BCUT2D eigenvalue weighted by atomic mass is 16.5. The molecule has 3 heterocycles. The number of rotatable bonds is 5. The third-order valence-electron chi connectivity index (χ3n) is 5.44. The molecule has 6 heteroatoms. The minimum absolute atomic E-state index is 0.283.